The predicted octanol–water partition coefficient (Wildman–Crippen LogP) is 3.86. The van der Waals surface area contributed by atoms with Crippen molar-refractivity contribution in [2.75, 3.05) is 19.6 Å². The Morgan fingerprint density at radius 2 is 1.85 bits per heavy atom. The summed E-state index contributed by atoms with van der Waals surface area (Å²) in [6, 6.07) is 9.58. The van der Waals surface area contributed by atoms with Gasteiger partial charge in [0, 0.05) is 19.2 Å². The summed E-state index contributed by atoms with van der Waals surface area (Å²) in [5.74, 6) is 0.967. The smallest absolute Gasteiger partial charge is 0.224 e. The first-order valence-corrected chi connectivity index (χ1v) is 9.74. The lowest BCUT2D eigenvalue weighted by molar-refractivity contribution is -0.133. The molecular formula is C21H29N3O2. The van der Waals surface area contributed by atoms with E-state index < -0.39 is 0 Å². The molecule has 0 bridgehead atoms. The molecule has 26 heavy (non-hydrogen) atoms. The first-order valence-electron chi connectivity index (χ1n) is 9.74. The van der Waals surface area contributed by atoms with Gasteiger partial charge in [0.25, 0.3) is 0 Å². The molecule has 0 saturated carbocycles. The topological polar surface area (TPSA) is 49.6 Å². The van der Waals surface area contributed by atoms with Crippen LogP contribution in [0.15, 0.2) is 47.2 Å². The first kappa shape index (κ1) is 18.6. The predicted molar refractivity (Wildman–Crippen MR) is 101 cm³/mol. The maximum atomic E-state index is 12.9. The van der Waals surface area contributed by atoms with E-state index in [1.165, 1.54) is 32.1 Å². The van der Waals surface area contributed by atoms with Crippen LogP contribution in [0, 0.1) is 0 Å². The van der Waals surface area contributed by atoms with Gasteiger partial charge >= 0.3 is 0 Å². The van der Waals surface area contributed by atoms with Crippen LogP contribution in [-0.2, 0) is 17.9 Å². The number of carbonyl (C=O) groups is 1. The number of pyridine rings is 1. The van der Waals surface area contributed by atoms with E-state index >= 15 is 0 Å². The third-order valence-electron chi connectivity index (χ3n) is 4.95. The van der Waals surface area contributed by atoms with Gasteiger partial charge in [-0.2, -0.15) is 0 Å². The van der Waals surface area contributed by atoms with Gasteiger partial charge in [0.15, 0.2) is 0 Å². The highest BCUT2D eigenvalue weighted by Crippen LogP contribution is 2.13. The van der Waals surface area contributed by atoms with Crippen LogP contribution < -0.4 is 0 Å². The Balaban J connectivity index is 1.58. The standard InChI is InChI=1S/C21H29N3O2/c25-21(11-15-23-13-6-2-1-3-7-14-23)24(18-20-10-8-16-26-20)17-19-9-4-5-12-22-19/h4-5,8-10,12,16H,1-3,6-7,11,13-15,17-18H2. The highest BCUT2D eigenvalue weighted by Gasteiger charge is 2.18. The zero-order valence-electron chi connectivity index (χ0n) is 15.5. The van der Waals surface area contributed by atoms with Crippen LogP contribution in [-0.4, -0.2) is 40.3 Å². The lowest BCUT2D eigenvalue weighted by Gasteiger charge is -2.26. The Morgan fingerprint density at radius 1 is 1.04 bits per heavy atom. The Morgan fingerprint density at radius 3 is 2.54 bits per heavy atom. The molecule has 5 heteroatoms. The van der Waals surface area contributed by atoms with E-state index in [2.05, 4.69) is 9.88 Å². The normalized spacial score (nSPS) is 16.0. The fraction of sp³-hybridized carbons (Fsp3) is 0.524. The number of hydrogen-bond donors (Lipinski definition) is 0. The van der Waals surface area contributed by atoms with Crippen molar-refractivity contribution in [3.8, 4) is 0 Å². The van der Waals surface area contributed by atoms with E-state index in [0.29, 0.717) is 19.5 Å². The number of carbonyl (C=O) groups excluding carboxylic acids is 1. The molecule has 1 aliphatic heterocycles. The van der Waals surface area contributed by atoms with Crippen molar-refractivity contribution in [1.82, 2.24) is 14.8 Å². The molecule has 0 N–H and O–H groups in total. The summed E-state index contributed by atoms with van der Waals surface area (Å²) in [5.41, 5.74) is 0.902. The van der Waals surface area contributed by atoms with Crippen molar-refractivity contribution in [3.05, 3.63) is 54.2 Å². The van der Waals surface area contributed by atoms with Gasteiger partial charge in [0.1, 0.15) is 5.76 Å². The molecule has 1 fully saturated rings. The van der Waals surface area contributed by atoms with E-state index in [9.17, 15) is 4.79 Å². The van der Waals surface area contributed by atoms with E-state index in [1.54, 1.807) is 12.5 Å². The van der Waals surface area contributed by atoms with Crippen molar-refractivity contribution in [1.29, 1.82) is 0 Å². The highest BCUT2D eigenvalue weighted by molar-refractivity contribution is 5.76. The lowest BCUT2D eigenvalue weighted by atomic mass is 10.1. The number of nitrogens with zero attached hydrogens (tertiary/aromatic N) is 3. The summed E-state index contributed by atoms with van der Waals surface area (Å²) in [4.78, 5) is 21.6. The second-order valence-corrected chi connectivity index (χ2v) is 7.01. The number of furan rings is 1. The lowest BCUT2D eigenvalue weighted by Crippen LogP contribution is -2.35. The Bertz CT molecular complexity index is 635. The van der Waals surface area contributed by atoms with Crippen LogP contribution in [0.5, 0.6) is 0 Å². The van der Waals surface area contributed by atoms with Gasteiger partial charge in [-0.15, -0.1) is 0 Å². The Kier molecular flexibility index (Phi) is 7.25. The molecule has 140 valence electrons. The van der Waals surface area contributed by atoms with Crippen LogP contribution in [0.2, 0.25) is 0 Å². The van der Waals surface area contributed by atoms with Gasteiger partial charge in [0.2, 0.25) is 5.91 Å². The van der Waals surface area contributed by atoms with Crippen molar-refractivity contribution in [2.45, 2.75) is 51.6 Å². The zero-order chi connectivity index (χ0) is 18.0. The minimum absolute atomic E-state index is 0.161. The summed E-state index contributed by atoms with van der Waals surface area (Å²) in [6.45, 7) is 4.08. The Hall–Kier alpha value is -2.14. The largest absolute Gasteiger partial charge is 0.467 e. The monoisotopic (exact) mass is 355 g/mol. The third kappa shape index (κ3) is 5.99. The number of hydrogen-bond acceptors (Lipinski definition) is 4. The minimum Gasteiger partial charge on any atom is -0.467 e. The van der Waals surface area contributed by atoms with Crippen molar-refractivity contribution in [3.63, 3.8) is 0 Å². The van der Waals surface area contributed by atoms with Crippen LogP contribution in [0.1, 0.15) is 50.0 Å². The van der Waals surface area contributed by atoms with Crippen molar-refractivity contribution < 1.29 is 9.21 Å². The molecule has 2 aromatic heterocycles. The molecule has 1 amide bonds. The van der Waals surface area contributed by atoms with Gasteiger partial charge in [0.05, 0.1) is 25.0 Å². The molecule has 2 aromatic rings. The molecular weight excluding hydrogens is 326 g/mol. The average Bonchev–Trinajstić information content (AvgIpc) is 3.14. The number of amides is 1. The van der Waals surface area contributed by atoms with E-state index in [-0.39, 0.29) is 5.91 Å². The molecule has 0 atom stereocenters. The summed E-state index contributed by atoms with van der Waals surface area (Å²) < 4.78 is 5.45. The van der Waals surface area contributed by atoms with Gasteiger partial charge in [-0.1, -0.05) is 25.3 Å². The fourth-order valence-corrected chi connectivity index (χ4v) is 3.46. The molecule has 5 nitrogen and oxygen atoms in total. The summed E-state index contributed by atoms with van der Waals surface area (Å²) >= 11 is 0. The van der Waals surface area contributed by atoms with Gasteiger partial charge in [-0.05, 0) is 50.2 Å². The van der Waals surface area contributed by atoms with E-state index in [1.807, 2.05) is 35.2 Å². The molecule has 3 heterocycles. The molecule has 1 aliphatic rings. The van der Waals surface area contributed by atoms with E-state index in [4.69, 9.17) is 4.42 Å². The number of likely N-dealkylation sites (tertiary alicyclic amines) is 1. The number of rotatable bonds is 7. The average molecular weight is 355 g/mol. The summed E-state index contributed by atoms with van der Waals surface area (Å²) in [6.07, 6.45) is 10.4. The second-order valence-electron chi connectivity index (χ2n) is 7.01. The molecule has 0 aromatic carbocycles. The fourth-order valence-electron chi connectivity index (χ4n) is 3.46. The SMILES string of the molecule is O=C(CCN1CCCCCCC1)N(Cc1ccccn1)Cc1ccco1. The maximum absolute atomic E-state index is 12.9. The van der Waals surface area contributed by atoms with Crippen molar-refractivity contribution >= 4 is 5.91 Å². The van der Waals surface area contributed by atoms with Crippen LogP contribution >= 0.6 is 0 Å². The van der Waals surface area contributed by atoms with Crippen LogP contribution in [0.4, 0.5) is 0 Å². The quantitative estimate of drug-likeness (QED) is 0.757. The molecule has 0 radical (unpaired) electrons. The van der Waals surface area contributed by atoms with Crippen molar-refractivity contribution in [2.24, 2.45) is 0 Å². The van der Waals surface area contributed by atoms with Crippen LogP contribution in [0.25, 0.3) is 0 Å². The summed E-state index contributed by atoms with van der Waals surface area (Å²) in [7, 11) is 0. The van der Waals surface area contributed by atoms with E-state index in [0.717, 1.165) is 31.1 Å². The maximum Gasteiger partial charge on any atom is 0.224 e. The summed E-state index contributed by atoms with van der Waals surface area (Å²) in [5, 5.41) is 0. The molecule has 0 aliphatic carbocycles. The third-order valence-corrected chi connectivity index (χ3v) is 4.95. The first-order chi connectivity index (χ1) is 12.8. The molecule has 1 saturated heterocycles. The minimum atomic E-state index is 0.161. The molecule has 0 unspecified atom stereocenters. The molecule has 0 spiro atoms. The second kappa shape index (κ2) is 10.1. The molecule has 3 rings (SSSR count). The van der Waals surface area contributed by atoms with Gasteiger partial charge in [-0.3, -0.25) is 9.78 Å². The van der Waals surface area contributed by atoms with Gasteiger partial charge < -0.3 is 14.2 Å². The van der Waals surface area contributed by atoms with Crippen LogP contribution in [0.3, 0.4) is 0 Å². The number of aromatic nitrogens is 1. The Labute approximate surface area is 156 Å². The highest BCUT2D eigenvalue weighted by atomic mass is 16.3. The van der Waals surface area contributed by atoms with Gasteiger partial charge in [-0.25, -0.2) is 0 Å². The zero-order valence-corrected chi connectivity index (χ0v) is 15.5.